The van der Waals surface area contributed by atoms with Crippen LogP contribution in [0, 0.1) is 0 Å². The van der Waals surface area contributed by atoms with Crippen molar-refractivity contribution in [3.05, 3.63) is 48.6 Å². The molecule has 0 saturated carbocycles. The topological polar surface area (TPSA) is 69.6 Å². The standard InChI is InChI=1S/C59H111NO3/c1-3-5-7-9-11-13-15-17-19-21-23-24-25-26-27-28-29-30-31-32-33-34-35-36-37-39-41-43-45-47-49-51-53-55-59(63)60-57(56-61)58(62)54-52-50-48-46-44-42-40-38-22-20-18-16-14-12-10-8-6-4-2/h23-24,26-27,44,46,52,54,57-58,61-62H,3-22,25,28-43,45,47-51,53,55-56H2,1-2H3,(H,60,63)/b24-23-,27-26-,46-44+,54-52+. The van der Waals surface area contributed by atoms with E-state index in [2.05, 4.69) is 55.6 Å². The summed E-state index contributed by atoms with van der Waals surface area (Å²) in [5.41, 5.74) is 0. The molecule has 2 unspecified atom stereocenters. The molecule has 63 heavy (non-hydrogen) atoms. The minimum absolute atomic E-state index is 0.0705. The summed E-state index contributed by atoms with van der Waals surface area (Å²) in [4.78, 5) is 12.5. The van der Waals surface area contributed by atoms with Gasteiger partial charge in [0, 0.05) is 6.42 Å². The van der Waals surface area contributed by atoms with Gasteiger partial charge in [-0.25, -0.2) is 0 Å². The molecule has 3 N–H and O–H groups in total. The van der Waals surface area contributed by atoms with E-state index in [4.69, 9.17) is 0 Å². The fourth-order valence-electron chi connectivity index (χ4n) is 8.70. The zero-order valence-corrected chi connectivity index (χ0v) is 42.6. The van der Waals surface area contributed by atoms with E-state index < -0.39 is 12.1 Å². The summed E-state index contributed by atoms with van der Waals surface area (Å²) >= 11 is 0. The highest BCUT2D eigenvalue weighted by Gasteiger charge is 2.18. The van der Waals surface area contributed by atoms with Crippen LogP contribution in [0.4, 0.5) is 0 Å². The van der Waals surface area contributed by atoms with Gasteiger partial charge in [0.2, 0.25) is 5.91 Å². The van der Waals surface area contributed by atoms with Crippen molar-refractivity contribution in [3.63, 3.8) is 0 Å². The van der Waals surface area contributed by atoms with Gasteiger partial charge >= 0.3 is 0 Å². The van der Waals surface area contributed by atoms with Gasteiger partial charge in [-0.2, -0.15) is 0 Å². The highest BCUT2D eigenvalue weighted by atomic mass is 16.3. The Morgan fingerprint density at radius 1 is 0.381 bits per heavy atom. The second kappa shape index (κ2) is 54.7. The van der Waals surface area contributed by atoms with Gasteiger partial charge in [0.25, 0.3) is 0 Å². The first-order valence-corrected chi connectivity index (χ1v) is 28.4. The Morgan fingerprint density at radius 2 is 0.667 bits per heavy atom. The van der Waals surface area contributed by atoms with Gasteiger partial charge in [-0.3, -0.25) is 4.79 Å². The molecule has 0 heterocycles. The number of allylic oxidation sites excluding steroid dienone is 7. The summed E-state index contributed by atoms with van der Waals surface area (Å²) in [7, 11) is 0. The smallest absolute Gasteiger partial charge is 0.220 e. The van der Waals surface area contributed by atoms with Gasteiger partial charge in [0.1, 0.15) is 0 Å². The molecule has 0 saturated heterocycles. The predicted molar refractivity (Wildman–Crippen MR) is 281 cm³/mol. The van der Waals surface area contributed by atoms with Crippen LogP contribution in [0.15, 0.2) is 48.6 Å². The van der Waals surface area contributed by atoms with Crippen LogP contribution >= 0.6 is 0 Å². The van der Waals surface area contributed by atoms with Gasteiger partial charge in [0.15, 0.2) is 0 Å². The molecular weight excluding hydrogens is 771 g/mol. The van der Waals surface area contributed by atoms with Crippen molar-refractivity contribution in [1.82, 2.24) is 5.32 Å². The first-order valence-electron chi connectivity index (χ1n) is 28.4. The molecule has 0 rings (SSSR count). The van der Waals surface area contributed by atoms with Crippen molar-refractivity contribution in [2.45, 2.75) is 315 Å². The van der Waals surface area contributed by atoms with Crippen LogP contribution in [-0.2, 0) is 4.79 Å². The molecule has 0 radical (unpaired) electrons. The molecule has 0 aliphatic heterocycles. The Balaban J connectivity index is 3.48. The number of hydrogen-bond acceptors (Lipinski definition) is 3. The van der Waals surface area contributed by atoms with Crippen LogP contribution in [0.3, 0.4) is 0 Å². The van der Waals surface area contributed by atoms with E-state index in [1.165, 1.54) is 244 Å². The van der Waals surface area contributed by atoms with Gasteiger partial charge < -0.3 is 15.5 Å². The minimum Gasteiger partial charge on any atom is -0.394 e. The van der Waals surface area contributed by atoms with Gasteiger partial charge in [-0.05, 0) is 64.2 Å². The third-order valence-electron chi connectivity index (χ3n) is 13.0. The summed E-state index contributed by atoms with van der Waals surface area (Å²) < 4.78 is 0. The van der Waals surface area contributed by atoms with Crippen LogP contribution < -0.4 is 5.32 Å². The predicted octanol–water partition coefficient (Wildman–Crippen LogP) is 18.6. The van der Waals surface area contributed by atoms with E-state index in [-0.39, 0.29) is 12.5 Å². The minimum atomic E-state index is -0.862. The summed E-state index contributed by atoms with van der Waals surface area (Å²) in [6.07, 6.45) is 75.7. The number of nitrogens with one attached hydrogen (secondary N) is 1. The van der Waals surface area contributed by atoms with Gasteiger partial charge in [0.05, 0.1) is 18.8 Å². The first-order chi connectivity index (χ1) is 31.2. The van der Waals surface area contributed by atoms with Crippen LogP contribution in [0.1, 0.15) is 303 Å². The molecule has 0 aromatic heterocycles. The average Bonchev–Trinajstić information content (AvgIpc) is 3.29. The molecule has 1 amide bonds. The molecule has 2 atom stereocenters. The van der Waals surface area contributed by atoms with Crippen LogP contribution in [0.2, 0.25) is 0 Å². The second-order valence-corrected chi connectivity index (χ2v) is 19.3. The number of amides is 1. The Bertz CT molecular complexity index is 1000. The highest BCUT2D eigenvalue weighted by Crippen LogP contribution is 2.16. The summed E-state index contributed by atoms with van der Waals surface area (Å²) in [5.74, 6) is -0.0705. The van der Waals surface area contributed by atoms with Crippen molar-refractivity contribution in [2.75, 3.05) is 6.61 Å². The van der Waals surface area contributed by atoms with Crippen molar-refractivity contribution in [1.29, 1.82) is 0 Å². The Kier molecular flexibility index (Phi) is 53.3. The maximum absolute atomic E-state index is 12.5. The molecular formula is C59H111NO3. The monoisotopic (exact) mass is 882 g/mol. The van der Waals surface area contributed by atoms with Gasteiger partial charge in [-0.15, -0.1) is 0 Å². The van der Waals surface area contributed by atoms with Crippen LogP contribution in [-0.4, -0.2) is 34.9 Å². The molecule has 4 nitrogen and oxygen atoms in total. The number of aliphatic hydroxyl groups is 2. The zero-order valence-electron chi connectivity index (χ0n) is 42.6. The fourth-order valence-corrected chi connectivity index (χ4v) is 8.70. The third kappa shape index (κ3) is 51.2. The van der Waals surface area contributed by atoms with E-state index in [0.29, 0.717) is 6.42 Å². The second-order valence-electron chi connectivity index (χ2n) is 19.3. The quantitative estimate of drug-likeness (QED) is 0.0421. The lowest BCUT2D eigenvalue weighted by Gasteiger charge is -2.19. The lowest BCUT2D eigenvalue weighted by molar-refractivity contribution is -0.123. The number of carbonyl (C=O) groups is 1. The van der Waals surface area contributed by atoms with E-state index in [9.17, 15) is 15.0 Å². The van der Waals surface area contributed by atoms with Gasteiger partial charge in [-0.1, -0.05) is 281 Å². The Morgan fingerprint density at radius 3 is 1.02 bits per heavy atom. The molecule has 0 aromatic rings. The largest absolute Gasteiger partial charge is 0.394 e. The fraction of sp³-hybridized carbons (Fsp3) is 0.847. The van der Waals surface area contributed by atoms with Crippen molar-refractivity contribution in [3.8, 4) is 0 Å². The third-order valence-corrected chi connectivity index (χ3v) is 13.0. The highest BCUT2D eigenvalue weighted by molar-refractivity contribution is 5.76. The molecule has 0 aliphatic carbocycles. The SMILES string of the molecule is CCCCCCCCCCC/C=C\C/C=C\CCCCCCCCCCCCCCCCCCCC(=O)NC(CO)C(O)/C=C/CC/C=C/CCCCCCCCCCCCCC. The summed E-state index contributed by atoms with van der Waals surface area (Å²) in [6, 6.07) is -0.639. The van der Waals surface area contributed by atoms with E-state index >= 15 is 0 Å². The lowest BCUT2D eigenvalue weighted by atomic mass is 10.0. The maximum Gasteiger partial charge on any atom is 0.220 e. The average molecular weight is 883 g/mol. The molecule has 0 spiro atoms. The Labute approximate surface area is 394 Å². The molecule has 0 aliphatic rings. The number of unbranched alkanes of at least 4 members (excludes halogenated alkanes) is 39. The summed E-state index contributed by atoms with van der Waals surface area (Å²) in [6.45, 7) is 4.32. The number of carbonyl (C=O) groups excluding carboxylic acids is 1. The Hall–Kier alpha value is -1.65. The number of hydrogen-bond donors (Lipinski definition) is 3. The molecule has 4 heteroatoms. The zero-order chi connectivity index (χ0) is 45.6. The molecule has 370 valence electrons. The van der Waals surface area contributed by atoms with E-state index in [1.54, 1.807) is 6.08 Å². The first kappa shape index (κ1) is 61.4. The van der Waals surface area contributed by atoms with Crippen LogP contribution in [0.25, 0.3) is 0 Å². The van der Waals surface area contributed by atoms with E-state index in [0.717, 1.165) is 38.5 Å². The number of aliphatic hydroxyl groups excluding tert-OH is 2. The van der Waals surface area contributed by atoms with Crippen molar-refractivity contribution >= 4 is 5.91 Å². The molecule has 0 fully saturated rings. The molecule has 0 aromatic carbocycles. The molecule has 0 bridgehead atoms. The maximum atomic E-state index is 12.5. The normalized spacial score (nSPS) is 13.1. The van der Waals surface area contributed by atoms with Crippen molar-refractivity contribution < 1.29 is 15.0 Å². The van der Waals surface area contributed by atoms with E-state index in [1.807, 2.05) is 6.08 Å². The van der Waals surface area contributed by atoms with Crippen LogP contribution in [0.5, 0.6) is 0 Å². The number of rotatable bonds is 52. The lowest BCUT2D eigenvalue weighted by Crippen LogP contribution is -2.45. The van der Waals surface area contributed by atoms with Crippen molar-refractivity contribution in [2.24, 2.45) is 0 Å². The summed E-state index contributed by atoms with van der Waals surface area (Å²) in [5, 5.41) is 23.1.